The molecule has 1 N–H and O–H groups in total. The van der Waals surface area contributed by atoms with E-state index in [9.17, 15) is 4.39 Å². The molecule has 1 aromatic carbocycles. The van der Waals surface area contributed by atoms with E-state index < -0.39 is 0 Å². The highest BCUT2D eigenvalue weighted by atomic mass is 79.9. The number of rotatable bonds is 4. The maximum atomic E-state index is 13.2. The van der Waals surface area contributed by atoms with E-state index in [1.165, 1.54) is 12.1 Å². The molecular formula is C14H14BrFN2. The molecule has 0 amide bonds. The van der Waals surface area contributed by atoms with Crippen LogP contribution in [0.4, 0.5) is 4.39 Å². The number of aromatic nitrogens is 1. The van der Waals surface area contributed by atoms with Crippen molar-refractivity contribution in [3.8, 4) is 0 Å². The molecular weight excluding hydrogens is 295 g/mol. The minimum absolute atomic E-state index is 0.181. The summed E-state index contributed by atoms with van der Waals surface area (Å²) in [7, 11) is 0. The summed E-state index contributed by atoms with van der Waals surface area (Å²) in [6.45, 7) is 2.68. The maximum absolute atomic E-state index is 13.2. The SMILES string of the molecule is C[C@H](NCc1cc(F)cc(Br)c1)c1cccnc1. The Morgan fingerprint density at radius 1 is 1.39 bits per heavy atom. The van der Waals surface area contributed by atoms with Gasteiger partial charge in [0.2, 0.25) is 0 Å². The van der Waals surface area contributed by atoms with Gasteiger partial charge in [0.15, 0.2) is 0 Å². The lowest BCUT2D eigenvalue weighted by Gasteiger charge is -2.14. The van der Waals surface area contributed by atoms with Gasteiger partial charge in [0.1, 0.15) is 5.82 Å². The van der Waals surface area contributed by atoms with Crippen molar-refractivity contribution in [3.05, 3.63) is 64.1 Å². The predicted molar refractivity (Wildman–Crippen MR) is 73.6 cm³/mol. The van der Waals surface area contributed by atoms with Crippen LogP contribution in [-0.4, -0.2) is 4.98 Å². The first-order valence-electron chi connectivity index (χ1n) is 5.73. The Morgan fingerprint density at radius 3 is 2.89 bits per heavy atom. The fraction of sp³-hybridized carbons (Fsp3) is 0.214. The molecule has 0 aliphatic rings. The van der Waals surface area contributed by atoms with Crippen LogP contribution in [0.15, 0.2) is 47.2 Å². The van der Waals surface area contributed by atoms with Gasteiger partial charge in [0.25, 0.3) is 0 Å². The number of benzene rings is 1. The van der Waals surface area contributed by atoms with E-state index in [4.69, 9.17) is 0 Å². The first kappa shape index (κ1) is 13.2. The van der Waals surface area contributed by atoms with Crippen LogP contribution in [0.3, 0.4) is 0 Å². The Labute approximate surface area is 114 Å². The zero-order valence-electron chi connectivity index (χ0n) is 10.0. The van der Waals surface area contributed by atoms with E-state index in [1.807, 2.05) is 24.4 Å². The van der Waals surface area contributed by atoms with Crippen LogP contribution in [0.25, 0.3) is 0 Å². The van der Waals surface area contributed by atoms with Crippen molar-refractivity contribution in [3.63, 3.8) is 0 Å². The van der Waals surface area contributed by atoms with Gasteiger partial charge in [-0.05, 0) is 42.3 Å². The summed E-state index contributed by atoms with van der Waals surface area (Å²) >= 11 is 3.29. The number of pyridine rings is 1. The van der Waals surface area contributed by atoms with Gasteiger partial charge in [-0.2, -0.15) is 0 Å². The number of hydrogen-bond donors (Lipinski definition) is 1. The first-order chi connectivity index (χ1) is 8.65. The molecule has 2 nitrogen and oxygen atoms in total. The number of halogens is 2. The fourth-order valence-electron chi connectivity index (χ4n) is 1.73. The normalized spacial score (nSPS) is 12.4. The van der Waals surface area contributed by atoms with Crippen molar-refractivity contribution < 1.29 is 4.39 Å². The molecule has 4 heteroatoms. The summed E-state index contributed by atoms with van der Waals surface area (Å²) in [6.07, 6.45) is 3.58. The van der Waals surface area contributed by atoms with Gasteiger partial charge in [0.05, 0.1) is 0 Å². The molecule has 0 aliphatic carbocycles. The Morgan fingerprint density at radius 2 is 2.22 bits per heavy atom. The topological polar surface area (TPSA) is 24.9 Å². The summed E-state index contributed by atoms with van der Waals surface area (Å²) in [6, 6.07) is 9.01. The van der Waals surface area contributed by atoms with Gasteiger partial charge >= 0.3 is 0 Å². The molecule has 1 atom stereocenters. The fourth-order valence-corrected chi connectivity index (χ4v) is 2.25. The summed E-state index contributed by atoms with van der Waals surface area (Å²) in [5.41, 5.74) is 2.03. The first-order valence-corrected chi connectivity index (χ1v) is 6.53. The average Bonchev–Trinajstić information content (AvgIpc) is 2.36. The molecule has 0 bridgehead atoms. The zero-order chi connectivity index (χ0) is 13.0. The summed E-state index contributed by atoms with van der Waals surface area (Å²) in [5, 5.41) is 3.34. The molecule has 0 aliphatic heterocycles. The van der Waals surface area contributed by atoms with E-state index in [2.05, 4.69) is 33.2 Å². The highest BCUT2D eigenvalue weighted by Gasteiger charge is 2.05. The largest absolute Gasteiger partial charge is 0.306 e. The van der Waals surface area contributed by atoms with Crippen LogP contribution in [0.5, 0.6) is 0 Å². The molecule has 0 saturated heterocycles. The molecule has 0 spiro atoms. The Balaban J connectivity index is 1.99. The van der Waals surface area contributed by atoms with Gasteiger partial charge in [-0.1, -0.05) is 22.0 Å². The Bertz CT molecular complexity index is 496. The van der Waals surface area contributed by atoms with E-state index in [-0.39, 0.29) is 11.9 Å². The van der Waals surface area contributed by atoms with Crippen molar-refractivity contribution in [2.45, 2.75) is 19.5 Å². The number of nitrogens with one attached hydrogen (secondary N) is 1. The van der Waals surface area contributed by atoms with E-state index in [1.54, 1.807) is 6.20 Å². The van der Waals surface area contributed by atoms with E-state index in [0.717, 1.165) is 15.6 Å². The predicted octanol–water partition coefficient (Wildman–Crippen LogP) is 3.83. The third-order valence-corrected chi connectivity index (χ3v) is 3.18. The van der Waals surface area contributed by atoms with Crippen LogP contribution >= 0.6 is 15.9 Å². The summed E-state index contributed by atoms with van der Waals surface area (Å²) in [4.78, 5) is 4.08. The smallest absolute Gasteiger partial charge is 0.124 e. The molecule has 2 rings (SSSR count). The van der Waals surface area contributed by atoms with Crippen molar-refractivity contribution in [2.75, 3.05) is 0 Å². The Kier molecular flexibility index (Phi) is 4.44. The van der Waals surface area contributed by atoms with Crippen LogP contribution in [0.2, 0.25) is 0 Å². The molecule has 0 radical (unpaired) electrons. The van der Waals surface area contributed by atoms with Gasteiger partial charge in [-0.3, -0.25) is 4.98 Å². The zero-order valence-corrected chi connectivity index (χ0v) is 11.6. The van der Waals surface area contributed by atoms with Crippen molar-refractivity contribution >= 4 is 15.9 Å². The van der Waals surface area contributed by atoms with E-state index in [0.29, 0.717) is 6.54 Å². The molecule has 94 valence electrons. The Hall–Kier alpha value is -1.26. The third kappa shape index (κ3) is 3.62. The summed E-state index contributed by atoms with van der Waals surface area (Å²) < 4.78 is 14.0. The van der Waals surface area contributed by atoms with Crippen molar-refractivity contribution in [2.24, 2.45) is 0 Å². The molecule has 2 aromatic rings. The van der Waals surface area contributed by atoms with Crippen molar-refractivity contribution in [1.29, 1.82) is 0 Å². The lowest BCUT2D eigenvalue weighted by atomic mass is 10.1. The monoisotopic (exact) mass is 308 g/mol. The molecule has 18 heavy (non-hydrogen) atoms. The number of hydrogen-bond acceptors (Lipinski definition) is 2. The second-order valence-electron chi connectivity index (χ2n) is 4.17. The highest BCUT2D eigenvalue weighted by Crippen LogP contribution is 2.16. The lowest BCUT2D eigenvalue weighted by Crippen LogP contribution is -2.18. The number of nitrogens with zero attached hydrogens (tertiary/aromatic N) is 1. The molecule has 0 saturated carbocycles. The second kappa shape index (κ2) is 6.07. The summed E-state index contributed by atoms with van der Waals surface area (Å²) in [5.74, 6) is -0.227. The van der Waals surface area contributed by atoms with Gasteiger partial charge in [-0.25, -0.2) is 4.39 Å². The molecule has 0 unspecified atom stereocenters. The van der Waals surface area contributed by atoms with Crippen molar-refractivity contribution in [1.82, 2.24) is 10.3 Å². The molecule has 1 aromatic heterocycles. The minimum atomic E-state index is -0.227. The molecule has 1 heterocycles. The second-order valence-corrected chi connectivity index (χ2v) is 5.08. The van der Waals surface area contributed by atoms with Crippen LogP contribution in [-0.2, 0) is 6.54 Å². The quantitative estimate of drug-likeness (QED) is 0.928. The minimum Gasteiger partial charge on any atom is -0.306 e. The van der Waals surface area contributed by atoms with Crippen LogP contribution in [0, 0.1) is 5.82 Å². The third-order valence-electron chi connectivity index (χ3n) is 2.72. The van der Waals surface area contributed by atoms with Crippen LogP contribution in [0.1, 0.15) is 24.1 Å². The lowest BCUT2D eigenvalue weighted by molar-refractivity contribution is 0.567. The van der Waals surface area contributed by atoms with Crippen LogP contribution < -0.4 is 5.32 Å². The highest BCUT2D eigenvalue weighted by molar-refractivity contribution is 9.10. The van der Waals surface area contributed by atoms with Gasteiger partial charge in [-0.15, -0.1) is 0 Å². The van der Waals surface area contributed by atoms with Gasteiger partial charge < -0.3 is 5.32 Å². The van der Waals surface area contributed by atoms with E-state index >= 15 is 0 Å². The van der Waals surface area contributed by atoms with Gasteiger partial charge in [0, 0.05) is 29.5 Å². The average molecular weight is 309 g/mol. The molecule has 0 fully saturated rings. The standard InChI is InChI=1S/C14H14BrFN2/c1-10(12-3-2-4-17-9-12)18-8-11-5-13(15)7-14(16)6-11/h2-7,9-10,18H,8H2,1H3/t10-/m0/s1. The maximum Gasteiger partial charge on any atom is 0.124 e.